The summed E-state index contributed by atoms with van der Waals surface area (Å²) in [6.07, 6.45) is 2.18. The Labute approximate surface area is 181 Å². The summed E-state index contributed by atoms with van der Waals surface area (Å²) in [6.45, 7) is 4.70. The van der Waals surface area contributed by atoms with Crippen LogP contribution in [0.25, 0.3) is 0 Å². The molecule has 0 spiro atoms. The SMILES string of the molecule is Cc1[nH]c(=O)c(C#N)c(C)c1CCC(=O)N1CCC(NC(=O)Nc2ccccc2)CC1. The van der Waals surface area contributed by atoms with Crippen molar-refractivity contribution in [3.63, 3.8) is 0 Å². The minimum atomic E-state index is -0.390. The van der Waals surface area contributed by atoms with Crippen molar-refractivity contribution in [3.8, 4) is 6.07 Å². The van der Waals surface area contributed by atoms with Crippen LogP contribution >= 0.6 is 0 Å². The number of nitriles is 1. The Kier molecular flexibility index (Phi) is 7.08. The first-order valence-corrected chi connectivity index (χ1v) is 10.4. The largest absolute Gasteiger partial charge is 0.343 e. The molecule has 3 amide bonds. The van der Waals surface area contributed by atoms with Gasteiger partial charge in [-0.15, -0.1) is 0 Å². The smallest absolute Gasteiger partial charge is 0.319 e. The number of likely N-dealkylation sites (tertiary alicyclic amines) is 1. The molecule has 3 rings (SSSR count). The molecule has 31 heavy (non-hydrogen) atoms. The molecule has 162 valence electrons. The zero-order chi connectivity index (χ0) is 22.4. The summed E-state index contributed by atoms with van der Waals surface area (Å²) in [5, 5.41) is 15.0. The molecular formula is C23H27N5O3. The van der Waals surface area contributed by atoms with Crippen molar-refractivity contribution in [1.29, 1.82) is 5.26 Å². The summed E-state index contributed by atoms with van der Waals surface area (Å²) < 4.78 is 0. The first kappa shape index (κ1) is 22.1. The minimum absolute atomic E-state index is 0.0228. The number of aromatic amines is 1. The average Bonchev–Trinajstić information content (AvgIpc) is 2.74. The van der Waals surface area contributed by atoms with E-state index in [0.29, 0.717) is 50.0 Å². The molecule has 8 nitrogen and oxygen atoms in total. The number of carbonyl (C=O) groups excluding carboxylic acids is 2. The van der Waals surface area contributed by atoms with Crippen LogP contribution in [-0.2, 0) is 11.2 Å². The molecule has 2 heterocycles. The van der Waals surface area contributed by atoms with Gasteiger partial charge < -0.3 is 20.5 Å². The van der Waals surface area contributed by atoms with Crippen LogP contribution in [0.3, 0.4) is 0 Å². The average molecular weight is 422 g/mol. The fourth-order valence-corrected chi connectivity index (χ4v) is 3.96. The standard InChI is InChI=1S/C23H27N5O3/c1-15-19(16(2)25-22(30)20(15)14-24)8-9-21(29)28-12-10-18(11-13-28)27-23(31)26-17-6-4-3-5-7-17/h3-7,18H,8-13H2,1-2H3,(H,25,30)(H2,26,27,31). The van der Waals surface area contributed by atoms with E-state index in [2.05, 4.69) is 15.6 Å². The van der Waals surface area contributed by atoms with Crippen molar-refractivity contribution in [2.75, 3.05) is 18.4 Å². The highest BCUT2D eigenvalue weighted by Crippen LogP contribution is 2.17. The number of urea groups is 1. The second kappa shape index (κ2) is 9.94. The number of aromatic nitrogens is 1. The number of aryl methyl sites for hydroxylation is 1. The summed E-state index contributed by atoms with van der Waals surface area (Å²) in [7, 11) is 0. The maximum absolute atomic E-state index is 12.7. The van der Waals surface area contributed by atoms with Crippen LogP contribution in [0, 0.1) is 25.2 Å². The van der Waals surface area contributed by atoms with E-state index in [4.69, 9.17) is 0 Å². The van der Waals surface area contributed by atoms with E-state index in [1.807, 2.05) is 41.3 Å². The quantitative estimate of drug-likeness (QED) is 0.688. The summed E-state index contributed by atoms with van der Waals surface area (Å²) in [5.41, 5.74) is 2.64. The molecule has 1 aromatic heterocycles. The van der Waals surface area contributed by atoms with Gasteiger partial charge in [-0.25, -0.2) is 4.79 Å². The van der Waals surface area contributed by atoms with Gasteiger partial charge in [-0.2, -0.15) is 5.26 Å². The molecule has 3 N–H and O–H groups in total. The van der Waals surface area contributed by atoms with Gasteiger partial charge in [-0.05, 0) is 56.4 Å². The van der Waals surface area contributed by atoms with Gasteiger partial charge in [-0.1, -0.05) is 18.2 Å². The predicted molar refractivity (Wildman–Crippen MR) is 118 cm³/mol. The Balaban J connectivity index is 1.48. The molecule has 1 aliphatic rings. The number of benzene rings is 1. The van der Waals surface area contributed by atoms with Gasteiger partial charge in [0.05, 0.1) is 0 Å². The maximum Gasteiger partial charge on any atom is 0.319 e. The molecule has 1 saturated heterocycles. The van der Waals surface area contributed by atoms with E-state index in [1.54, 1.807) is 13.8 Å². The highest BCUT2D eigenvalue weighted by atomic mass is 16.2. The zero-order valence-electron chi connectivity index (χ0n) is 17.8. The fourth-order valence-electron chi connectivity index (χ4n) is 3.96. The molecule has 1 aliphatic heterocycles. The fraction of sp³-hybridized carbons (Fsp3) is 0.391. The zero-order valence-corrected chi connectivity index (χ0v) is 17.8. The van der Waals surface area contributed by atoms with Crippen LogP contribution in [0.5, 0.6) is 0 Å². The van der Waals surface area contributed by atoms with E-state index in [0.717, 1.165) is 11.3 Å². The van der Waals surface area contributed by atoms with E-state index in [-0.39, 0.29) is 23.5 Å². The van der Waals surface area contributed by atoms with Gasteiger partial charge in [0.2, 0.25) is 5.91 Å². The van der Waals surface area contributed by atoms with Crippen molar-refractivity contribution in [2.24, 2.45) is 0 Å². The molecule has 0 unspecified atom stereocenters. The summed E-state index contributed by atoms with van der Waals surface area (Å²) >= 11 is 0. The van der Waals surface area contributed by atoms with Crippen LogP contribution < -0.4 is 16.2 Å². The van der Waals surface area contributed by atoms with Gasteiger partial charge in [0.25, 0.3) is 5.56 Å². The summed E-state index contributed by atoms with van der Waals surface area (Å²) in [5.74, 6) is 0.0377. The Morgan fingerprint density at radius 3 is 2.52 bits per heavy atom. The number of hydrogen-bond donors (Lipinski definition) is 3. The topological polar surface area (TPSA) is 118 Å². The van der Waals surface area contributed by atoms with Crippen LogP contribution in [0.4, 0.5) is 10.5 Å². The van der Waals surface area contributed by atoms with E-state index < -0.39 is 5.56 Å². The van der Waals surface area contributed by atoms with Crippen molar-refractivity contribution in [3.05, 3.63) is 63.1 Å². The first-order valence-electron chi connectivity index (χ1n) is 10.4. The second-order valence-corrected chi connectivity index (χ2v) is 7.79. The highest BCUT2D eigenvalue weighted by molar-refractivity contribution is 5.89. The second-order valence-electron chi connectivity index (χ2n) is 7.79. The number of rotatable bonds is 5. The number of hydrogen-bond acceptors (Lipinski definition) is 4. The predicted octanol–water partition coefficient (Wildman–Crippen LogP) is 2.61. The minimum Gasteiger partial charge on any atom is -0.343 e. The van der Waals surface area contributed by atoms with Gasteiger partial charge in [0.15, 0.2) is 0 Å². The highest BCUT2D eigenvalue weighted by Gasteiger charge is 2.24. The number of anilines is 1. The molecule has 1 aromatic carbocycles. The lowest BCUT2D eigenvalue weighted by Gasteiger charge is -2.32. The number of carbonyl (C=O) groups is 2. The molecule has 0 aliphatic carbocycles. The molecule has 2 aromatic rings. The van der Waals surface area contributed by atoms with E-state index in [1.165, 1.54) is 0 Å². The van der Waals surface area contributed by atoms with Crippen molar-refractivity contribution in [2.45, 2.75) is 45.6 Å². The van der Waals surface area contributed by atoms with Crippen molar-refractivity contribution < 1.29 is 9.59 Å². The molecule has 0 bridgehead atoms. The lowest BCUT2D eigenvalue weighted by molar-refractivity contribution is -0.132. The van der Waals surface area contributed by atoms with Crippen LogP contribution in [-0.4, -0.2) is 41.0 Å². The number of para-hydroxylation sites is 1. The van der Waals surface area contributed by atoms with Crippen molar-refractivity contribution >= 4 is 17.6 Å². The summed E-state index contributed by atoms with van der Waals surface area (Å²) in [6, 6.07) is 11.0. The number of nitrogens with one attached hydrogen (secondary N) is 3. The molecule has 0 saturated carbocycles. The number of pyridine rings is 1. The number of H-pyrrole nitrogens is 1. The Morgan fingerprint density at radius 1 is 1.19 bits per heavy atom. The molecule has 0 atom stereocenters. The normalized spacial score (nSPS) is 14.0. The lowest BCUT2D eigenvalue weighted by atomic mass is 9.98. The van der Waals surface area contributed by atoms with Gasteiger partial charge >= 0.3 is 6.03 Å². The molecular weight excluding hydrogens is 394 g/mol. The third kappa shape index (κ3) is 5.51. The maximum atomic E-state index is 12.7. The lowest BCUT2D eigenvalue weighted by Crippen LogP contribution is -2.47. The molecule has 8 heteroatoms. The van der Waals surface area contributed by atoms with Crippen LogP contribution in [0.1, 0.15) is 41.6 Å². The number of piperidine rings is 1. The van der Waals surface area contributed by atoms with Crippen LogP contribution in [0.2, 0.25) is 0 Å². The third-order valence-corrected chi connectivity index (χ3v) is 5.72. The van der Waals surface area contributed by atoms with Gasteiger partial charge in [-0.3, -0.25) is 9.59 Å². The first-order chi connectivity index (χ1) is 14.9. The number of amides is 3. The molecule has 1 fully saturated rings. The third-order valence-electron chi connectivity index (χ3n) is 5.72. The summed E-state index contributed by atoms with van der Waals surface area (Å²) in [4.78, 5) is 41.2. The van der Waals surface area contributed by atoms with E-state index in [9.17, 15) is 19.6 Å². The van der Waals surface area contributed by atoms with Crippen LogP contribution in [0.15, 0.2) is 35.1 Å². The van der Waals surface area contributed by atoms with Crippen molar-refractivity contribution in [1.82, 2.24) is 15.2 Å². The Morgan fingerprint density at radius 2 is 1.87 bits per heavy atom. The Hall–Kier alpha value is -3.60. The monoisotopic (exact) mass is 421 g/mol. The molecule has 0 radical (unpaired) electrons. The van der Waals surface area contributed by atoms with Gasteiger partial charge in [0.1, 0.15) is 11.6 Å². The van der Waals surface area contributed by atoms with Gasteiger partial charge in [0, 0.05) is 36.9 Å². The Bertz CT molecular complexity index is 1050. The van der Waals surface area contributed by atoms with E-state index >= 15 is 0 Å². The number of nitrogens with zero attached hydrogens (tertiary/aromatic N) is 2.